The van der Waals surface area contributed by atoms with Crippen molar-refractivity contribution in [2.45, 2.75) is 12.9 Å². The zero-order valence-electron chi connectivity index (χ0n) is 12.7. The highest BCUT2D eigenvalue weighted by Crippen LogP contribution is 2.22. The minimum Gasteiger partial charge on any atom is -0.406 e. The van der Waals surface area contributed by atoms with Crippen LogP contribution in [0.2, 0.25) is 0 Å². The third-order valence-corrected chi connectivity index (χ3v) is 3.29. The molecule has 0 unspecified atom stereocenters. The van der Waals surface area contributed by atoms with Crippen LogP contribution >= 0.6 is 0 Å². The summed E-state index contributed by atoms with van der Waals surface area (Å²) in [5.74, 6) is -0.314. The van der Waals surface area contributed by atoms with Gasteiger partial charge in [-0.1, -0.05) is 24.3 Å². The molecule has 6 nitrogen and oxygen atoms in total. The van der Waals surface area contributed by atoms with Crippen molar-refractivity contribution < 1.29 is 22.7 Å². The number of para-hydroxylation sites is 2. The van der Waals surface area contributed by atoms with E-state index in [0.29, 0.717) is 5.56 Å². The molecule has 130 valence electrons. The molecule has 0 aliphatic carbocycles. The lowest BCUT2D eigenvalue weighted by molar-refractivity contribution is -0.274. The Labute approximate surface area is 140 Å². The number of hydrogen-bond donors (Lipinski definition) is 2. The van der Waals surface area contributed by atoms with E-state index in [-0.39, 0.29) is 12.3 Å². The Bertz CT molecular complexity index is 875. The summed E-state index contributed by atoms with van der Waals surface area (Å²) in [5, 5.41) is 2.61. The first kappa shape index (κ1) is 16.6. The van der Waals surface area contributed by atoms with Gasteiger partial charge in [-0.2, -0.15) is 0 Å². The van der Waals surface area contributed by atoms with Gasteiger partial charge in [-0.15, -0.1) is 13.2 Å². The number of rotatable bonds is 4. The molecule has 0 atom stereocenters. The number of alkyl halides is 3. The first-order valence-electron chi connectivity index (χ1n) is 7.22. The van der Waals surface area contributed by atoms with Crippen molar-refractivity contribution in [2.75, 3.05) is 5.43 Å². The average molecular weight is 350 g/mol. The second-order valence-electron chi connectivity index (χ2n) is 5.09. The lowest BCUT2D eigenvalue weighted by Gasteiger charge is -2.11. The van der Waals surface area contributed by atoms with E-state index in [1.807, 2.05) is 24.3 Å². The molecule has 0 aliphatic rings. The summed E-state index contributed by atoms with van der Waals surface area (Å²) >= 11 is 0. The van der Waals surface area contributed by atoms with Gasteiger partial charge in [0.25, 0.3) is 0 Å². The molecule has 0 bridgehead atoms. The largest absolute Gasteiger partial charge is 0.573 e. The highest BCUT2D eigenvalue weighted by atomic mass is 19.4. The number of nitrogens with one attached hydrogen (secondary N) is 2. The maximum Gasteiger partial charge on any atom is 0.573 e. The van der Waals surface area contributed by atoms with E-state index < -0.39 is 12.4 Å². The Balaban J connectivity index is 1.55. The number of imidazole rings is 1. The number of ether oxygens (including phenoxy) is 1. The first-order chi connectivity index (χ1) is 11.9. The topological polar surface area (TPSA) is 68.2 Å². The Morgan fingerprint density at radius 1 is 1.12 bits per heavy atom. The van der Waals surface area contributed by atoms with Gasteiger partial charge in [-0.05, 0) is 29.8 Å². The van der Waals surface area contributed by atoms with Crippen LogP contribution < -0.4 is 15.5 Å². The van der Waals surface area contributed by atoms with Gasteiger partial charge in [0.05, 0.1) is 11.0 Å². The molecule has 2 amide bonds. The number of carbonyl (C=O) groups excluding carboxylic acids is 1. The van der Waals surface area contributed by atoms with Gasteiger partial charge in [0.1, 0.15) is 12.1 Å². The molecule has 0 aliphatic heterocycles. The number of amides is 2. The van der Waals surface area contributed by atoms with Crippen molar-refractivity contribution in [3.05, 3.63) is 60.4 Å². The van der Waals surface area contributed by atoms with E-state index in [1.54, 1.807) is 0 Å². The SMILES string of the molecule is O=C(NCc1ccc(OC(F)(F)F)cc1)Nn1cnc2ccccc21. The maximum atomic E-state index is 12.1. The molecule has 0 radical (unpaired) electrons. The number of benzene rings is 2. The van der Waals surface area contributed by atoms with Crippen molar-refractivity contribution in [3.8, 4) is 5.75 Å². The van der Waals surface area contributed by atoms with Crippen molar-refractivity contribution in [3.63, 3.8) is 0 Å². The molecule has 2 N–H and O–H groups in total. The van der Waals surface area contributed by atoms with E-state index in [0.717, 1.165) is 11.0 Å². The predicted molar refractivity (Wildman–Crippen MR) is 84.5 cm³/mol. The highest BCUT2D eigenvalue weighted by molar-refractivity contribution is 5.85. The fourth-order valence-electron chi connectivity index (χ4n) is 2.19. The lowest BCUT2D eigenvalue weighted by Crippen LogP contribution is -2.33. The van der Waals surface area contributed by atoms with E-state index in [1.165, 1.54) is 35.3 Å². The minimum atomic E-state index is -4.73. The molecule has 1 heterocycles. The summed E-state index contributed by atoms with van der Waals surface area (Å²) in [6.45, 7) is 0.144. The monoisotopic (exact) mass is 350 g/mol. The summed E-state index contributed by atoms with van der Waals surface area (Å²) < 4.78 is 41.5. The van der Waals surface area contributed by atoms with Crippen molar-refractivity contribution in [2.24, 2.45) is 0 Å². The summed E-state index contributed by atoms with van der Waals surface area (Å²) in [6.07, 6.45) is -3.25. The molecule has 3 rings (SSSR count). The number of carbonyl (C=O) groups is 1. The van der Waals surface area contributed by atoms with E-state index in [4.69, 9.17) is 0 Å². The second kappa shape index (κ2) is 6.71. The predicted octanol–water partition coefficient (Wildman–Crippen LogP) is 3.39. The van der Waals surface area contributed by atoms with Crippen molar-refractivity contribution in [1.82, 2.24) is 15.0 Å². The van der Waals surface area contributed by atoms with E-state index in [2.05, 4.69) is 20.5 Å². The van der Waals surface area contributed by atoms with E-state index >= 15 is 0 Å². The van der Waals surface area contributed by atoms with Gasteiger partial charge in [0, 0.05) is 6.54 Å². The molecule has 3 aromatic rings. The highest BCUT2D eigenvalue weighted by Gasteiger charge is 2.30. The molecular weight excluding hydrogens is 337 g/mol. The number of aromatic nitrogens is 2. The molecule has 0 saturated heterocycles. The molecule has 9 heteroatoms. The second-order valence-corrected chi connectivity index (χ2v) is 5.09. The van der Waals surface area contributed by atoms with Crippen LogP contribution in [0.5, 0.6) is 5.75 Å². The number of nitrogens with zero attached hydrogens (tertiary/aromatic N) is 2. The van der Waals surface area contributed by atoms with Gasteiger partial charge >= 0.3 is 12.4 Å². The number of urea groups is 1. The molecule has 1 aromatic heterocycles. The fraction of sp³-hybridized carbons (Fsp3) is 0.125. The third kappa shape index (κ3) is 4.40. The number of halogens is 3. The maximum absolute atomic E-state index is 12.1. The van der Waals surface area contributed by atoms with Crippen LogP contribution in [0.25, 0.3) is 11.0 Å². The summed E-state index contributed by atoms with van der Waals surface area (Å²) in [6, 6.07) is 12.1. The lowest BCUT2D eigenvalue weighted by atomic mass is 10.2. The quantitative estimate of drug-likeness (QED) is 0.758. The smallest absolute Gasteiger partial charge is 0.406 e. The Morgan fingerprint density at radius 3 is 2.56 bits per heavy atom. The van der Waals surface area contributed by atoms with Gasteiger partial charge < -0.3 is 10.1 Å². The van der Waals surface area contributed by atoms with Crippen LogP contribution in [-0.4, -0.2) is 22.1 Å². The number of fused-ring (bicyclic) bond motifs is 1. The number of hydrogen-bond acceptors (Lipinski definition) is 3. The normalized spacial score (nSPS) is 11.3. The van der Waals surface area contributed by atoms with Crippen LogP contribution in [0.1, 0.15) is 5.56 Å². The molecule has 2 aromatic carbocycles. The van der Waals surface area contributed by atoms with Crippen LogP contribution in [0.15, 0.2) is 54.9 Å². The standard InChI is InChI=1S/C16H13F3N4O2/c17-16(18,19)25-12-7-5-11(6-8-12)9-20-15(24)22-23-10-21-13-3-1-2-4-14(13)23/h1-8,10H,9H2,(H2,20,22,24). The molecule has 25 heavy (non-hydrogen) atoms. The minimum absolute atomic E-state index is 0.144. The van der Waals surface area contributed by atoms with Gasteiger partial charge in [-0.3, -0.25) is 0 Å². The Kier molecular flexibility index (Phi) is 4.46. The summed E-state index contributed by atoms with van der Waals surface area (Å²) in [5.41, 5.74) is 4.71. The van der Waals surface area contributed by atoms with Gasteiger partial charge in [0.15, 0.2) is 0 Å². The Hall–Kier alpha value is -3.23. The summed E-state index contributed by atoms with van der Waals surface area (Å²) in [7, 11) is 0. The van der Waals surface area contributed by atoms with Crippen LogP contribution in [-0.2, 0) is 6.54 Å². The zero-order chi connectivity index (χ0) is 17.9. The fourth-order valence-corrected chi connectivity index (χ4v) is 2.19. The molecule has 0 spiro atoms. The first-order valence-corrected chi connectivity index (χ1v) is 7.22. The molecule has 0 saturated carbocycles. The Morgan fingerprint density at radius 2 is 1.84 bits per heavy atom. The van der Waals surface area contributed by atoms with Crippen LogP contribution in [0.3, 0.4) is 0 Å². The van der Waals surface area contributed by atoms with E-state index in [9.17, 15) is 18.0 Å². The van der Waals surface area contributed by atoms with Gasteiger partial charge in [-0.25, -0.2) is 19.9 Å². The van der Waals surface area contributed by atoms with Crippen LogP contribution in [0.4, 0.5) is 18.0 Å². The third-order valence-electron chi connectivity index (χ3n) is 3.29. The van der Waals surface area contributed by atoms with Crippen LogP contribution in [0, 0.1) is 0 Å². The summed E-state index contributed by atoms with van der Waals surface area (Å²) in [4.78, 5) is 16.1. The average Bonchev–Trinajstić information content (AvgIpc) is 2.96. The zero-order valence-corrected chi connectivity index (χ0v) is 12.7. The molecular formula is C16H13F3N4O2. The van der Waals surface area contributed by atoms with Crippen molar-refractivity contribution in [1.29, 1.82) is 0 Å². The van der Waals surface area contributed by atoms with Crippen molar-refractivity contribution >= 4 is 17.1 Å². The van der Waals surface area contributed by atoms with Gasteiger partial charge in [0.2, 0.25) is 0 Å². The molecule has 0 fully saturated rings.